The molecule has 2 atom stereocenters. The van der Waals surface area contributed by atoms with Crippen LogP contribution in [-0.2, 0) is 0 Å². The average molecular weight is 155 g/mol. The zero-order chi connectivity index (χ0) is 7.68. The Hall–Kier alpha value is -0.0800. The number of hydrogen-bond donors (Lipinski definition) is 1. The lowest BCUT2D eigenvalue weighted by Gasteiger charge is -2.33. The van der Waals surface area contributed by atoms with E-state index in [4.69, 9.17) is 5.11 Å². The molecule has 2 heteroatoms. The fourth-order valence-electron chi connectivity index (χ4n) is 2.56. The normalized spacial score (nSPS) is 39.0. The maximum atomic E-state index is 9.06. The van der Waals surface area contributed by atoms with Crippen molar-refractivity contribution >= 4 is 0 Å². The molecule has 0 aromatic rings. The number of hydrogen-bond acceptors (Lipinski definition) is 2. The van der Waals surface area contributed by atoms with E-state index in [9.17, 15) is 0 Å². The van der Waals surface area contributed by atoms with E-state index in [2.05, 4.69) is 4.90 Å². The van der Waals surface area contributed by atoms with Crippen molar-refractivity contribution in [2.45, 2.75) is 44.2 Å². The highest BCUT2D eigenvalue weighted by Gasteiger charge is 2.33. The standard InChI is InChI=1S/C9H17NO/c11-7-9-5-4-8-3-1-2-6-10(8)9/h8-9,11H,1-7H2. The van der Waals surface area contributed by atoms with Crippen LogP contribution < -0.4 is 0 Å². The molecule has 64 valence electrons. The van der Waals surface area contributed by atoms with E-state index in [0.29, 0.717) is 12.6 Å². The Bertz CT molecular complexity index is 132. The summed E-state index contributed by atoms with van der Waals surface area (Å²) in [6.45, 7) is 1.60. The molecule has 0 radical (unpaired) electrons. The van der Waals surface area contributed by atoms with Crippen LogP contribution in [0.5, 0.6) is 0 Å². The van der Waals surface area contributed by atoms with E-state index in [0.717, 1.165) is 6.04 Å². The second-order valence-corrected chi connectivity index (χ2v) is 3.80. The summed E-state index contributed by atoms with van der Waals surface area (Å²) in [6, 6.07) is 1.32. The third-order valence-electron chi connectivity index (χ3n) is 3.19. The Kier molecular flexibility index (Phi) is 2.14. The SMILES string of the molecule is OCC1CCC2CCCCN12. The first kappa shape index (κ1) is 7.56. The Labute approximate surface area is 68.2 Å². The maximum Gasteiger partial charge on any atom is 0.0586 e. The quantitative estimate of drug-likeness (QED) is 0.610. The van der Waals surface area contributed by atoms with Crippen molar-refractivity contribution in [3.8, 4) is 0 Å². The molecule has 2 rings (SSSR count). The molecule has 2 saturated heterocycles. The molecule has 11 heavy (non-hydrogen) atoms. The first-order valence-corrected chi connectivity index (χ1v) is 4.78. The van der Waals surface area contributed by atoms with Gasteiger partial charge in [-0.3, -0.25) is 4.90 Å². The van der Waals surface area contributed by atoms with E-state index in [1.165, 1.54) is 38.6 Å². The molecule has 0 saturated carbocycles. The van der Waals surface area contributed by atoms with Crippen molar-refractivity contribution in [2.24, 2.45) is 0 Å². The van der Waals surface area contributed by atoms with Gasteiger partial charge in [0.25, 0.3) is 0 Å². The van der Waals surface area contributed by atoms with E-state index in [1.54, 1.807) is 0 Å². The van der Waals surface area contributed by atoms with Crippen molar-refractivity contribution in [1.29, 1.82) is 0 Å². The molecular formula is C9H17NO. The molecule has 0 bridgehead atoms. The second-order valence-electron chi connectivity index (χ2n) is 3.80. The van der Waals surface area contributed by atoms with Crippen LogP contribution in [0.4, 0.5) is 0 Å². The molecule has 2 nitrogen and oxygen atoms in total. The molecule has 0 spiro atoms. The van der Waals surface area contributed by atoms with Gasteiger partial charge in [-0.15, -0.1) is 0 Å². The van der Waals surface area contributed by atoms with E-state index < -0.39 is 0 Å². The van der Waals surface area contributed by atoms with Gasteiger partial charge >= 0.3 is 0 Å². The third-order valence-corrected chi connectivity index (χ3v) is 3.19. The van der Waals surface area contributed by atoms with Crippen molar-refractivity contribution in [3.05, 3.63) is 0 Å². The lowest BCUT2D eigenvalue weighted by atomic mass is 10.0. The number of aliphatic hydroxyl groups excluding tert-OH is 1. The van der Waals surface area contributed by atoms with Gasteiger partial charge in [-0.1, -0.05) is 6.42 Å². The molecule has 0 amide bonds. The van der Waals surface area contributed by atoms with Crippen molar-refractivity contribution < 1.29 is 5.11 Å². The second kappa shape index (κ2) is 3.11. The van der Waals surface area contributed by atoms with Gasteiger partial charge in [0.2, 0.25) is 0 Å². The monoisotopic (exact) mass is 155 g/mol. The van der Waals surface area contributed by atoms with E-state index in [1.807, 2.05) is 0 Å². The molecular weight excluding hydrogens is 138 g/mol. The van der Waals surface area contributed by atoms with Crippen LogP contribution in [0.1, 0.15) is 32.1 Å². The summed E-state index contributed by atoms with van der Waals surface area (Å²) in [4.78, 5) is 2.52. The number of fused-ring (bicyclic) bond motifs is 1. The van der Waals surface area contributed by atoms with Crippen LogP contribution in [-0.4, -0.2) is 35.2 Å². The Morgan fingerprint density at radius 2 is 2.09 bits per heavy atom. The molecule has 0 aromatic carbocycles. The van der Waals surface area contributed by atoms with E-state index >= 15 is 0 Å². The van der Waals surface area contributed by atoms with Crippen molar-refractivity contribution in [1.82, 2.24) is 4.90 Å². The minimum absolute atomic E-state index is 0.372. The van der Waals surface area contributed by atoms with Crippen LogP contribution in [0.15, 0.2) is 0 Å². The molecule has 2 unspecified atom stereocenters. The summed E-state index contributed by atoms with van der Waals surface area (Å²) in [5, 5.41) is 9.06. The highest BCUT2D eigenvalue weighted by Crippen LogP contribution is 2.30. The first-order chi connectivity index (χ1) is 5.42. The van der Waals surface area contributed by atoms with Crippen molar-refractivity contribution in [2.75, 3.05) is 13.2 Å². The number of rotatable bonds is 1. The lowest BCUT2D eigenvalue weighted by molar-refractivity contribution is 0.104. The summed E-state index contributed by atoms with van der Waals surface area (Å²) in [5.74, 6) is 0. The minimum atomic E-state index is 0.372. The van der Waals surface area contributed by atoms with Gasteiger partial charge < -0.3 is 5.11 Å². The number of piperidine rings is 1. The Balaban J connectivity index is 1.98. The third kappa shape index (κ3) is 1.30. The van der Waals surface area contributed by atoms with Gasteiger partial charge in [0.1, 0.15) is 0 Å². The zero-order valence-electron chi connectivity index (χ0n) is 7.00. The van der Waals surface area contributed by atoms with Crippen molar-refractivity contribution in [3.63, 3.8) is 0 Å². The van der Waals surface area contributed by atoms with Crippen LogP contribution in [0, 0.1) is 0 Å². The number of aliphatic hydroxyl groups is 1. The van der Waals surface area contributed by atoms with E-state index in [-0.39, 0.29) is 0 Å². The summed E-state index contributed by atoms with van der Waals surface area (Å²) >= 11 is 0. The Morgan fingerprint density at radius 1 is 1.18 bits per heavy atom. The van der Waals surface area contributed by atoms with Gasteiger partial charge in [0.15, 0.2) is 0 Å². The van der Waals surface area contributed by atoms with Crippen LogP contribution in [0.25, 0.3) is 0 Å². The fraction of sp³-hybridized carbons (Fsp3) is 1.00. The van der Waals surface area contributed by atoms with Gasteiger partial charge in [-0.05, 0) is 32.2 Å². The fourth-order valence-corrected chi connectivity index (χ4v) is 2.56. The molecule has 1 N–H and O–H groups in total. The van der Waals surface area contributed by atoms with Gasteiger partial charge in [-0.25, -0.2) is 0 Å². The minimum Gasteiger partial charge on any atom is -0.395 e. The largest absolute Gasteiger partial charge is 0.395 e. The molecule has 0 aliphatic carbocycles. The number of nitrogens with zero attached hydrogens (tertiary/aromatic N) is 1. The van der Waals surface area contributed by atoms with Gasteiger partial charge in [0.05, 0.1) is 6.61 Å². The Morgan fingerprint density at radius 3 is 2.91 bits per heavy atom. The van der Waals surface area contributed by atoms with Gasteiger partial charge in [-0.2, -0.15) is 0 Å². The summed E-state index contributed by atoms with van der Waals surface area (Å²) in [7, 11) is 0. The summed E-state index contributed by atoms with van der Waals surface area (Å²) in [6.07, 6.45) is 6.66. The molecule has 2 heterocycles. The molecule has 2 aliphatic heterocycles. The van der Waals surface area contributed by atoms with Crippen LogP contribution >= 0.6 is 0 Å². The topological polar surface area (TPSA) is 23.5 Å². The summed E-state index contributed by atoms with van der Waals surface area (Å²) in [5.41, 5.74) is 0. The lowest BCUT2D eigenvalue weighted by Crippen LogP contribution is -2.41. The molecule has 0 aromatic heterocycles. The molecule has 2 aliphatic rings. The highest BCUT2D eigenvalue weighted by molar-refractivity contribution is 4.89. The maximum absolute atomic E-state index is 9.06. The highest BCUT2D eigenvalue weighted by atomic mass is 16.3. The van der Waals surface area contributed by atoms with Crippen LogP contribution in [0.2, 0.25) is 0 Å². The zero-order valence-corrected chi connectivity index (χ0v) is 7.00. The smallest absolute Gasteiger partial charge is 0.0586 e. The van der Waals surface area contributed by atoms with Crippen LogP contribution in [0.3, 0.4) is 0 Å². The predicted molar refractivity (Wildman–Crippen MR) is 44.5 cm³/mol. The predicted octanol–water partition coefficient (Wildman–Crippen LogP) is 0.996. The van der Waals surface area contributed by atoms with Gasteiger partial charge in [0, 0.05) is 12.1 Å². The average Bonchev–Trinajstić information content (AvgIpc) is 2.47. The molecule has 2 fully saturated rings. The first-order valence-electron chi connectivity index (χ1n) is 4.78. The summed E-state index contributed by atoms with van der Waals surface area (Å²) < 4.78 is 0.